The largest absolute Gasteiger partial charge is 0.497 e. The number of methoxy groups -OCH3 is 1. The average molecular weight is 214 g/mol. The fraction of sp³-hybridized carbons (Fsp3) is 0.0833. The topological polar surface area (TPSA) is 52.1 Å². The van der Waals surface area contributed by atoms with Gasteiger partial charge in [-0.05, 0) is 36.4 Å². The Morgan fingerprint density at radius 3 is 2.50 bits per heavy atom. The van der Waals surface area contributed by atoms with Crippen molar-refractivity contribution in [3.63, 3.8) is 0 Å². The maximum absolute atomic E-state index is 11.9. The Morgan fingerprint density at radius 1 is 1.19 bits per heavy atom. The van der Waals surface area contributed by atoms with Gasteiger partial charge in [0.05, 0.1) is 7.11 Å². The monoisotopic (exact) mass is 214 g/mol. The lowest BCUT2D eigenvalue weighted by molar-refractivity contribution is 0.103. The number of carbonyl (C=O) groups excluding carboxylic acids is 1. The van der Waals surface area contributed by atoms with E-state index in [0.29, 0.717) is 11.3 Å². The fourth-order valence-electron chi connectivity index (χ4n) is 1.31. The average Bonchev–Trinajstić information content (AvgIpc) is 2.39. The standard InChI is InChI=1S/C12H10N2O2/c1-16-10-6-4-9(5-7-10)12(15)11-3-2-8-13-14-11/h2-8H,1H3. The number of ketones is 1. The van der Waals surface area contributed by atoms with Crippen molar-refractivity contribution in [1.82, 2.24) is 10.2 Å². The molecule has 0 spiro atoms. The molecule has 4 heteroatoms. The van der Waals surface area contributed by atoms with Crippen LogP contribution in [0.5, 0.6) is 5.75 Å². The normalized spacial score (nSPS) is 9.81. The molecule has 0 N–H and O–H groups in total. The Hall–Kier alpha value is -2.23. The zero-order valence-corrected chi connectivity index (χ0v) is 8.75. The highest BCUT2D eigenvalue weighted by Crippen LogP contribution is 2.13. The molecule has 2 aromatic rings. The third-order valence-electron chi connectivity index (χ3n) is 2.16. The van der Waals surface area contributed by atoms with Gasteiger partial charge in [-0.1, -0.05) is 0 Å². The van der Waals surface area contributed by atoms with Crippen LogP contribution in [-0.4, -0.2) is 23.1 Å². The third kappa shape index (κ3) is 2.06. The SMILES string of the molecule is COc1ccc(C(=O)c2cccnn2)cc1. The molecule has 4 nitrogen and oxygen atoms in total. The number of benzene rings is 1. The molecule has 0 bridgehead atoms. The molecule has 80 valence electrons. The maximum atomic E-state index is 11.9. The van der Waals surface area contributed by atoms with Gasteiger partial charge in [0, 0.05) is 11.8 Å². The van der Waals surface area contributed by atoms with Gasteiger partial charge in [-0.2, -0.15) is 5.10 Å². The van der Waals surface area contributed by atoms with E-state index in [-0.39, 0.29) is 5.78 Å². The van der Waals surface area contributed by atoms with Gasteiger partial charge in [-0.3, -0.25) is 4.79 Å². The van der Waals surface area contributed by atoms with E-state index in [0.717, 1.165) is 5.75 Å². The Morgan fingerprint density at radius 2 is 1.94 bits per heavy atom. The number of aromatic nitrogens is 2. The molecule has 0 atom stereocenters. The van der Waals surface area contributed by atoms with Crippen LogP contribution in [0.1, 0.15) is 16.1 Å². The van der Waals surface area contributed by atoms with E-state index in [9.17, 15) is 4.79 Å². The van der Waals surface area contributed by atoms with Crippen LogP contribution in [0.25, 0.3) is 0 Å². The molecule has 1 aromatic carbocycles. The predicted octanol–water partition coefficient (Wildman–Crippen LogP) is 1.72. The van der Waals surface area contributed by atoms with Crippen LogP contribution in [0.15, 0.2) is 42.6 Å². The van der Waals surface area contributed by atoms with E-state index in [1.165, 1.54) is 6.20 Å². The number of carbonyl (C=O) groups is 1. The Kier molecular flexibility index (Phi) is 2.91. The molecule has 0 fully saturated rings. The Balaban J connectivity index is 2.28. The van der Waals surface area contributed by atoms with Crippen molar-refractivity contribution in [3.05, 3.63) is 53.9 Å². The Bertz CT molecular complexity index is 480. The van der Waals surface area contributed by atoms with Gasteiger partial charge in [0.1, 0.15) is 11.4 Å². The number of ether oxygens (including phenoxy) is 1. The quantitative estimate of drug-likeness (QED) is 0.730. The minimum Gasteiger partial charge on any atom is -0.497 e. The van der Waals surface area contributed by atoms with Crippen molar-refractivity contribution in [2.75, 3.05) is 7.11 Å². The zero-order valence-electron chi connectivity index (χ0n) is 8.75. The molecule has 0 unspecified atom stereocenters. The lowest BCUT2D eigenvalue weighted by Gasteiger charge is -2.01. The van der Waals surface area contributed by atoms with Crippen molar-refractivity contribution in [2.45, 2.75) is 0 Å². The van der Waals surface area contributed by atoms with Crippen LogP contribution in [0.2, 0.25) is 0 Å². The van der Waals surface area contributed by atoms with E-state index >= 15 is 0 Å². The molecule has 0 saturated heterocycles. The summed E-state index contributed by atoms with van der Waals surface area (Å²) in [6, 6.07) is 10.2. The third-order valence-corrected chi connectivity index (χ3v) is 2.16. The Labute approximate surface area is 92.9 Å². The van der Waals surface area contributed by atoms with E-state index in [4.69, 9.17) is 4.74 Å². The molecule has 1 heterocycles. The molecule has 0 radical (unpaired) electrons. The van der Waals surface area contributed by atoms with Gasteiger partial charge in [-0.15, -0.1) is 5.10 Å². The zero-order chi connectivity index (χ0) is 11.4. The number of hydrogen-bond acceptors (Lipinski definition) is 4. The van der Waals surface area contributed by atoms with Crippen LogP contribution in [0.3, 0.4) is 0 Å². The first-order chi connectivity index (χ1) is 7.81. The summed E-state index contributed by atoms with van der Waals surface area (Å²) >= 11 is 0. The minimum absolute atomic E-state index is 0.143. The summed E-state index contributed by atoms with van der Waals surface area (Å²) in [7, 11) is 1.58. The van der Waals surface area contributed by atoms with E-state index in [1.54, 1.807) is 43.5 Å². The molecule has 0 saturated carbocycles. The van der Waals surface area contributed by atoms with Crippen LogP contribution in [0, 0.1) is 0 Å². The first-order valence-electron chi connectivity index (χ1n) is 4.78. The van der Waals surface area contributed by atoms with Crippen LogP contribution in [0.4, 0.5) is 0 Å². The second-order valence-corrected chi connectivity index (χ2v) is 3.17. The molecule has 0 aliphatic heterocycles. The van der Waals surface area contributed by atoms with Crippen LogP contribution < -0.4 is 4.74 Å². The lowest BCUT2D eigenvalue weighted by Crippen LogP contribution is -2.04. The summed E-state index contributed by atoms with van der Waals surface area (Å²) in [4.78, 5) is 11.9. The lowest BCUT2D eigenvalue weighted by atomic mass is 10.1. The second kappa shape index (κ2) is 4.53. The van der Waals surface area contributed by atoms with E-state index in [1.807, 2.05) is 0 Å². The molecular weight excluding hydrogens is 204 g/mol. The van der Waals surface area contributed by atoms with Crippen molar-refractivity contribution >= 4 is 5.78 Å². The van der Waals surface area contributed by atoms with Crippen molar-refractivity contribution in [2.24, 2.45) is 0 Å². The molecule has 0 aliphatic rings. The highest BCUT2D eigenvalue weighted by atomic mass is 16.5. The smallest absolute Gasteiger partial charge is 0.213 e. The van der Waals surface area contributed by atoms with Gasteiger partial charge < -0.3 is 4.74 Å². The highest BCUT2D eigenvalue weighted by molar-refractivity contribution is 6.07. The molecule has 2 rings (SSSR count). The van der Waals surface area contributed by atoms with Gasteiger partial charge >= 0.3 is 0 Å². The summed E-state index contributed by atoms with van der Waals surface area (Å²) in [5, 5.41) is 7.44. The second-order valence-electron chi connectivity index (χ2n) is 3.17. The summed E-state index contributed by atoms with van der Waals surface area (Å²) in [5.74, 6) is 0.575. The van der Waals surface area contributed by atoms with Gasteiger partial charge in [0.25, 0.3) is 0 Å². The fourth-order valence-corrected chi connectivity index (χ4v) is 1.31. The summed E-state index contributed by atoms with van der Waals surface area (Å²) in [6.07, 6.45) is 1.53. The van der Waals surface area contributed by atoms with E-state index in [2.05, 4.69) is 10.2 Å². The molecule has 16 heavy (non-hydrogen) atoms. The van der Waals surface area contributed by atoms with Crippen LogP contribution >= 0.6 is 0 Å². The summed E-state index contributed by atoms with van der Waals surface area (Å²) < 4.78 is 5.02. The number of nitrogens with zero attached hydrogens (tertiary/aromatic N) is 2. The molecule has 0 amide bonds. The van der Waals surface area contributed by atoms with Gasteiger partial charge in [0.15, 0.2) is 0 Å². The molecule has 0 aliphatic carbocycles. The summed E-state index contributed by atoms with van der Waals surface area (Å²) in [5.41, 5.74) is 0.911. The maximum Gasteiger partial charge on any atom is 0.213 e. The highest BCUT2D eigenvalue weighted by Gasteiger charge is 2.09. The molecular formula is C12H10N2O2. The minimum atomic E-state index is -0.143. The first kappa shape index (κ1) is 10.3. The first-order valence-corrected chi connectivity index (χ1v) is 4.78. The molecule has 1 aromatic heterocycles. The number of hydrogen-bond donors (Lipinski definition) is 0. The van der Waals surface area contributed by atoms with Crippen molar-refractivity contribution in [3.8, 4) is 5.75 Å². The van der Waals surface area contributed by atoms with E-state index < -0.39 is 0 Å². The van der Waals surface area contributed by atoms with Crippen LogP contribution in [-0.2, 0) is 0 Å². The van der Waals surface area contributed by atoms with Gasteiger partial charge in [0.2, 0.25) is 5.78 Å². The number of rotatable bonds is 3. The summed E-state index contributed by atoms with van der Waals surface area (Å²) in [6.45, 7) is 0. The van der Waals surface area contributed by atoms with Crippen molar-refractivity contribution in [1.29, 1.82) is 0 Å². The predicted molar refractivity (Wildman–Crippen MR) is 58.5 cm³/mol. The van der Waals surface area contributed by atoms with Gasteiger partial charge in [-0.25, -0.2) is 0 Å². The van der Waals surface area contributed by atoms with Crippen molar-refractivity contribution < 1.29 is 9.53 Å².